The molecular formula is C9H11N5O2. The van der Waals surface area contributed by atoms with Crippen LogP contribution in [0.25, 0.3) is 11.5 Å². The van der Waals surface area contributed by atoms with Gasteiger partial charge in [-0.2, -0.15) is 10.1 Å². The van der Waals surface area contributed by atoms with E-state index >= 15 is 0 Å². The average Bonchev–Trinajstić information content (AvgIpc) is 2.27. The highest BCUT2D eigenvalue weighted by molar-refractivity contribution is 5.47. The topological polar surface area (TPSA) is 82.7 Å². The number of aryl methyl sites for hydroxylation is 2. The molecule has 0 saturated carbocycles. The van der Waals surface area contributed by atoms with Gasteiger partial charge >= 0.3 is 5.69 Å². The van der Waals surface area contributed by atoms with Crippen LogP contribution in [-0.2, 0) is 20.5 Å². The summed E-state index contributed by atoms with van der Waals surface area (Å²) in [6.45, 7) is 1.89. The van der Waals surface area contributed by atoms with E-state index in [0.29, 0.717) is 12.2 Å². The second-order valence-corrected chi connectivity index (χ2v) is 3.44. The zero-order valence-corrected chi connectivity index (χ0v) is 9.26. The fraction of sp³-hybridized carbons (Fsp3) is 0.444. The fourth-order valence-electron chi connectivity index (χ4n) is 1.41. The van der Waals surface area contributed by atoms with E-state index < -0.39 is 11.2 Å². The molecule has 7 nitrogen and oxygen atoms in total. The van der Waals surface area contributed by atoms with Gasteiger partial charge < -0.3 is 0 Å². The van der Waals surface area contributed by atoms with Gasteiger partial charge in [0.15, 0.2) is 11.5 Å². The zero-order chi connectivity index (χ0) is 11.9. The summed E-state index contributed by atoms with van der Waals surface area (Å²) in [6.07, 6.45) is 0.617. The van der Waals surface area contributed by atoms with Crippen LogP contribution in [0.3, 0.4) is 0 Å². The van der Waals surface area contributed by atoms with Gasteiger partial charge in [-0.1, -0.05) is 6.92 Å². The number of rotatable bonds is 1. The molecule has 2 aliphatic rings. The molecule has 0 atom stereocenters. The van der Waals surface area contributed by atoms with Gasteiger partial charge in [0.25, 0.3) is 5.56 Å². The summed E-state index contributed by atoms with van der Waals surface area (Å²) in [5.74, 6) is 0.762. The van der Waals surface area contributed by atoms with Gasteiger partial charge in [-0.25, -0.2) is 14.5 Å². The van der Waals surface area contributed by atoms with Crippen LogP contribution in [0.15, 0.2) is 9.59 Å². The molecule has 0 aliphatic carbocycles. The van der Waals surface area contributed by atoms with Crippen LogP contribution < -0.4 is 11.2 Å². The first kappa shape index (κ1) is 10.5. The Balaban J connectivity index is 2.96. The number of hydrogen-bond acceptors (Lipinski definition) is 5. The van der Waals surface area contributed by atoms with Crippen LogP contribution in [-0.4, -0.2) is 24.3 Å². The highest BCUT2D eigenvalue weighted by Gasteiger charge is 2.17. The van der Waals surface area contributed by atoms with Gasteiger partial charge in [-0.05, 0) is 0 Å². The van der Waals surface area contributed by atoms with Crippen molar-refractivity contribution < 1.29 is 0 Å². The van der Waals surface area contributed by atoms with Crippen molar-refractivity contribution in [3.8, 4) is 11.5 Å². The molecule has 0 saturated heterocycles. The molecule has 0 aromatic carbocycles. The van der Waals surface area contributed by atoms with E-state index in [0.717, 1.165) is 4.57 Å². The van der Waals surface area contributed by atoms with Crippen molar-refractivity contribution in [2.24, 2.45) is 14.1 Å². The largest absolute Gasteiger partial charge is 0.352 e. The van der Waals surface area contributed by atoms with Crippen molar-refractivity contribution in [2.75, 3.05) is 0 Å². The lowest BCUT2D eigenvalue weighted by atomic mass is 10.3. The van der Waals surface area contributed by atoms with Crippen molar-refractivity contribution in [2.45, 2.75) is 13.3 Å². The number of nitrogens with zero attached hydrogens (tertiary/aromatic N) is 5. The van der Waals surface area contributed by atoms with Crippen LogP contribution >= 0.6 is 0 Å². The normalized spacial score (nSPS) is 10.9. The van der Waals surface area contributed by atoms with E-state index in [1.807, 2.05) is 6.92 Å². The molecule has 7 heteroatoms. The fourth-order valence-corrected chi connectivity index (χ4v) is 1.41. The minimum absolute atomic E-state index is 0.177. The molecule has 0 spiro atoms. The Morgan fingerprint density at radius 2 is 1.88 bits per heavy atom. The Kier molecular flexibility index (Phi) is 2.30. The Labute approximate surface area is 90.7 Å². The van der Waals surface area contributed by atoms with Crippen molar-refractivity contribution >= 4 is 0 Å². The van der Waals surface area contributed by atoms with Crippen molar-refractivity contribution in [1.29, 1.82) is 0 Å². The third kappa shape index (κ3) is 1.40. The second kappa shape index (κ2) is 3.51. The summed E-state index contributed by atoms with van der Waals surface area (Å²) >= 11 is 0. The first-order chi connectivity index (χ1) is 7.54. The van der Waals surface area contributed by atoms with Gasteiger partial charge in [0, 0.05) is 20.5 Å². The number of aromatic nitrogens is 5. The van der Waals surface area contributed by atoms with E-state index in [2.05, 4.69) is 15.1 Å². The molecule has 16 heavy (non-hydrogen) atoms. The third-order valence-corrected chi connectivity index (χ3v) is 2.34. The van der Waals surface area contributed by atoms with Gasteiger partial charge in [0.1, 0.15) is 5.82 Å². The van der Waals surface area contributed by atoms with Crippen LogP contribution in [0.4, 0.5) is 0 Å². The molecular weight excluding hydrogens is 210 g/mol. The standard InChI is InChI=1S/C9H11N5O2/c1-4-5-10-6-7(14(3)12-5)11-9(16)13(2)8(6)15/h4H2,1-3H3. The Morgan fingerprint density at radius 3 is 2.50 bits per heavy atom. The summed E-state index contributed by atoms with van der Waals surface area (Å²) < 4.78 is 2.35. The lowest BCUT2D eigenvalue weighted by molar-refractivity contribution is 0.647. The second-order valence-electron chi connectivity index (χ2n) is 3.44. The van der Waals surface area contributed by atoms with E-state index in [1.54, 1.807) is 7.05 Å². The summed E-state index contributed by atoms with van der Waals surface area (Å²) in [5, 5.41) is 4.09. The number of fused-ring (bicyclic) bond motifs is 1. The predicted molar refractivity (Wildman–Crippen MR) is 56.3 cm³/mol. The van der Waals surface area contributed by atoms with Crippen molar-refractivity contribution in [3.63, 3.8) is 0 Å². The van der Waals surface area contributed by atoms with E-state index in [4.69, 9.17) is 0 Å². The lowest BCUT2D eigenvalue weighted by Gasteiger charge is -2.09. The summed E-state index contributed by atoms with van der Waals surface area (Å²) in [7, 11) is 3.01. The molecule has 2 heterocycles. The molecule has 0 aromatic rings. The molecule has 2 rings (SSSR count). The first-order valence-corrected chi connectivity index (χ1v) is 4.85. The van der Waals surface area contributed by atoms with E-state index in [1.165, 1.54) is 11.7 Å². The molecule has 0 amide bonds. The highest BCUT2D eigenvalue weighted by atomic mass is 16.2. The zero-order valence-electron chi connectivity index (χ0n) is 9.26. The SMILES string of the molecule is CCc1nc2c(=O)n(C)c(=O)nc-2n(C)n1. The van der Waals surface area contributed by atoms with Crippen LogP contribution in [0.1, 0.15) is 12.7 Å². The smallest absolute Gasteiger partial charge is 0.267 e. The minimum atomic E-state index is -0.596. The molecule has 0 fully saturated rings. The predicted octanol–water partition coefficient (Wildman–Crippen LogP) is -1.06. The Hall–Kier alpha value is -2.05. The van der Waals surface area contributed by atoms with Gasteiger partial charge in [0.2, 0.25) is 0 Å². The van der Waals surface area contributed by atoms with Gasteiger partial charge in [-0.3, -0.25) is 9.36 Å². The van der Waals surface area contributed by atoms with Gasteiger partial charge in [0.05, 0.1) is 0 Å². The van der Waals surface area contributed by atoms with E-state index in [-0.39, 0.29) is 11.5 Å². The highest BCUT2D eigenvalue weighted by Crippen LogP contribution is 2.07. The Bertz CT molecular complexity index is 627. The minimum Gasteiger partial charge on any atom is -0.267 e. The molecule has 2 aliphatic heterocycles. The maximum atomic E-state index is 11.8. The maximum Gasteiger partial charge on any atom is 0.352 e. The molecule has 0 aromatic heterocycles. The maximum absolute atomic E-state index is 11.8. The molecule has 0 unspecified atom stereocenters. The monoisotopic (exact) mass is 221 g/mol. The summed E-state index contributed by atoms with van der Waals surface area (Å²) in [6, 6.07) is 0. The molecule has 0 bridgehead atoms. The summed E-state index contributed by atoms with van der Waals surface area (Å²) in [4.78, 5) is 31.0. The summed E-state index contributed by atoms with van der Waals surface area (Å²) in [5.41, 5.74) is -0.861. The molecule has 0 radical (unpaired) electrons. The van der Waals surface area contributed by atoms with Crippen molar-refractivity contribution in [1.82, 2.24) is 24.3 Å². The molecule has 0 N–H and O–H groups in total. The molecule has 84 valence electrons. The quantitative estimate of drug-likeness (QED) is 0.612. The van der Waals surface area contributed by atoms with Crippen molar-refractivity contribution in [3.05, 3.63) is 26.7 Å². The van der Waals surface area contributed by atoms with E-state index in [9.17, 15) is 9.59 Å². The average molecular weight is 221 g/mol. The third-order valence-electron chi connectivity index (χ3n) is 2.34. The Morgan fingerprint density at radius 1 is 1.19 bits per heavy atom. The van der Waals surface area contributed by atoms with Gasteiger partial charge in [-0.15, -0.1) is 0 Å². The first-order valence-electron chi connectivity index (χ1n) is 4.85. The lowest BCUT2D eigenvalue weighted by Crippen LogP contribution is -2.37. The van der Waals surface area contributed by atoms with Crippen LogP contribution in [0.5, 0.6) is 0 Å². The van der Waals surface area contributed by atoms with Crippen LogP contribution in [0, 0.1) is 0 Å². The van der Waals surface area contributed by atoms with Crippen LogP contribution in [0.2, 0.25) is 0 Å². The number of hydrogen-bond donors (Lipinski definition) is 0.